The SMILES string of the molecule is O=C(O)C(=O)NNc1c(Br)cc(C(F)(C(F)(F)F)C(F)(F)F)cc1C(F)(F)F. The van der Waals surface area contributed by atoms with Crippen molar-refractivity contribution in [2.75, 3.05) is 5.43 Å². The summed E-state index contributed by atoms with van der Waals surface area (Å²) in [5.74, 6) is -4.08. The van der Waals surface area contributed by atoms with Crippen LogP contribution in [0.1, 0.15) is 11.1 Å². The molecule has 28 heavy (non-hydrogen) atoms. The zero-order chi connectivity index (χ0) is 22.3. The van der Waals surface area contributed by atoms with Crippen molar-refractivity contribution in [1.29, 1.82) is 0 Å². The summed E-state index contributed by atoms with van der Waals surface area (Å²) < 4.78 is 129. The molecule has 16 heteroatoms. The van der Waals surface area contributed by atoms with Gasteiger partial charge in [-0.15, -0.1) is 0 Å². The number of carboxylic acid groups (broad SMARTS) is 1. The fourth-order valence-electron chi connectivity index (χ4n) is 1.82. The molecule has 1 rings (SSSR count). The van der Waals surface area contributed by atoms with Crippen LogP contribution in [0.2, 0.25) is 0 Å². The van der Waals surface area contributed by atoms with E-state index in [0.29, 0.717) is 0 Å². The zero-order valence-corrected chi connectivity index (χ0v) is 14.2. The summed E-state index contributed by atoms with van der Waals surface area (Å²) in [5.41, 5.74) is -9.60. The lowest BCUT2D eigenvalue weighted by Gasteiger charge is -2.31. The second-order valence-electron chi connectivity index (χ2n) is 4.92. The molecule has 0 aliphatic heterocycles. The molecule has 1 aromatic rings. The molecule has 0 heterocycles. The van der Waals surface area contributed by atoms with Gasteiger partial charge in [0.2, 0.25) is 0 Å². The van der Waals surface area contributed by atoms with Crippen LogP contribution < -0.4 is 10.9 Å². The Labute approximate surface area is 155 Å². The van der Waals surface area contributed by atoms with E-state index in [1.165, 1.54) is 10.9 Å². The van der Waals surface area contributed by atoms with Crippen molar-refractivity contribution in [2.24, 2.45) is 0 Å². The highest BCUT2D eigenvalue weighted by Gasteiger charge is 2.73. The Balaban J connectivity index is 3.69. The first-order valence-corrected chi connectivity index (χ1v) is 7.16. The van der Waals surface area contributed by atoms with Crippen molar-refractivity contribution in [3.63, 3.8) is 0 Å². The molecule has 0 fully saturated rings. The van der Waals surface area contributed by atoms with Crippen LogP contribution in [-0.2, 0) is 21.4 Å². The highest BCUT2D eigenvalue weighted by Crippen LogP contribution is 2.55. The summed E-state index contributed by atoms with van der Waals surface area (Å²) in [6, 6.07) is -1.01. The van der Waals surface area contributed by atoms with Crippen molar-refractivity contribution in [3.8, 4) is 0 Å². The molecule has 0 saturated heterocycles. The number of hydrazine groups is 1. The highest BCUT2D eigenvalue weighted by atomic mass is 79.9. The summed E-state index contributed by atoms with van der Waals surface area (Å²) in [7, 11) is 0. The Morgan fingerprint density at radius 3 is 1.71 bits per heavy atom. The average Bonchev–Trinajstić information content (AvgIpc) is 2.48. The average molecular weight is 495 g/mol. The Kier molecular flexibility index (Phi) is 6.19. The van der Waals surface area contributed by atoms with E-state index in [9.17, 15) is 53.5 Å². The molecule has 1 amide bonds. The zero-order valence-electron chi connectivity index (χ0n) is 12.6. The fraction of sp³-hybridized carbons (Fsp3) is 0.333. The van der Waals surface area contributed by atoms with E-state index < -0.39 is 63.4 Å². The molecule has 0 bridgehead atoms. The van der Waals surface area contributed by atoms with E-state index >= 15 is 0 Å². The molecule has 3 N–H and O–H groups in total. The molecule has 5 nitrogen and oxygen atoms in total. The Bertz CT molecular complexity index is 774. The van der Waals surface area contributed by atoms with Crippen LogP contribution >= 0.6 is 15.9 Å². The number of halogens is 11. The van der Waals surface area contributed by atoms with Crippen LogP contribution in [0.15, 0.2) is 16.6 Å². The van der Waals surface area contributed by atoms with Gasteiger partial charge in [0.25, 0.3) is 0 Å². The van der Waals surface area contributed by atoms with Crippen molar-refractivity contribution in [2.45, 2.75) is 24.2 Å². The molecule has 0 unspecified atom stereocenters. The van der Waals surface area contributed by atoms with E-state index in [-0.39, 0.29) is 6.07 Å². The maximum Gasteiger partial charge on any atom is 0.435 e. The van der Waals surface area contributed by atoms with E-state index in [0.717, 1.165) is 0 Å². The Morgan fingerprint density at radius 1 is 0.893 bits per heavy atom. The molecule has 0 atom stereocenters. The summed E-state index contributed by atoms with van der Waals surface area (Å²) in [5, 5.41) is 8.30. The van der Waals surface area contributed by atoms with Gasteiger partial charge >= 0.3 is 36.1 Å². The van der Waals surface area contributed by atoms with Crippen LogP contribution in [0, 0.1) is 0 Å². The molecule has 0 saturated carbocycles. The quantitative estimate of drug-likeness (QED) is 0.333. The lowest BCUT2D eigenvalue weighted by atomic mass is 9.92. The maximum absolute atomic E-state index is 14.0. The third-order valence-corrected chi connectivity index (χ3v) is 3.70. The van der Waals surface area contributed by atoms with Crippen LogP contribution in [-0.4, -0.2) is 29.3 Å². The number of benzene rings is 1. The number of hydrogen-bond donors (Lipinski definition) is 3. The van der Waals surface area contributed by atoms with Gasteiger partial charge in [-0.2, -0.15) is 39.5 Å². The molecule has 1 aromatic carbocycles. The maximum atomic E-state index is 14.0. The van der Waals surface area contributed by atoms with Crippen LogP contribution in [0.4, 0.5) is 49.6 Å². The van der Waals surface area contributed by atoms with Gasteiger partial charge in [0.05, 0.1) is 11.3 Å². The molecule has 0 aliphatic carbocycles. The van der Waals surface area contributed by atoms with E-state index in [1.54, 1.807) is 0 Å². The number of carboxylic acids is 1. The first-order valence-electron chi connectivity index (χ1n) is 6.37. The van der Waals surface area contributed by atoms with Gasteiger partial charge in [-0.1, -0.05) is 0 Å². The monoisotopic (exact) mass is 494 g/mol. The minimum atomic E-state index is -6.67. The van der Waals surface area contributed by atoms with Crippen LogP contribution in [0.5, 0.6) is 0 Å². The molecular weight excluding hydrogens is 490 g/mol. The topological polar surface area (TPSA) is 78.4 Å². The lowest BCUT2D eigenvalue weighted by Crippen LogP contribution is -2.50. The first-order chi connectivity index (χ1) is 12.3. The fourth-order valence-corrected chi connectivity index (χ4v) is 2.38. The van der Waals surface area contributed by atoms with E-state index in [1.807, 2.05) is 0 Å². The van der Waals surface area contributed by atoms with Gasteiger partial charge in [-0.3, -0.25) is 15.6 Å². The van der Waals surface area contributed by atoms with Gasteiger partial charge in [0.1, 0.15) is 0 Å². The van der Waals surface area contributed by atoms with Gasteiger partial charge in [0, 0.05) is 10.0 Å². The van der Waals surface area contributed by atoms with Crippen molar-refractivity contribution < 1.29 is 58.6 Å². The standard InChI is InChI=1S/C12H5BrF10N2O3/c13-5-2-3(9(14,11(18,19)20)12(21,22)23)1-4(10(15,16)17)6(5)24-25-7(26)8(27)28/h1-2,24H,(H,25,26)(H,27,28). The van der Waals surface area contributed by atoms with E-state index in [2.05, 4.69) is 15.9 Å². The number of rotatable bonds is 3. The lowest BCUT2D eigenvalue weighted by molar-refractivity contribution is -0.348. The highest BCUT2D eigenvalue weighted by molar-refractivity contribution is 9.10. The first kappa shape index (κ1) is 23.8. The summed E-state index contributed by atoms with van der Waals surface area (Å²) >= 11 is 2.24. The number of carbonyl (C=O) groups is 2. The Hall–Kier alpha value is -2.26. The second-order valence-corrected chi connectivity index (χ2v) is 5.77. The predicted octanol–water partition coefficient (Wildman–Crippen LogP) is 4.29. The molecule has 0 spiro atoms. The number of aliphatic carboxylic acids is 1. The second kappa shape index (κ2) is 7.29. The number of amides is 1. The number of carbonyl (C=O) groups excluding carboxylic acids is 1. The number of nitrogens with one attached hydrogen (secondary N) is 2. The smallest absolute Gasteiger partial charge is 0.435 e. The number of anilines is 1. The van der Waals surface area contributed by atoms with Crippen molar-refractivity contribution in [3.05, 3.63) is 27.7 Å². The summed E-state index contributed by atoms with van der Waals surface area (Å²) in [6.45, 7) is 0. The van der Waals surface area contributed by atoms with Crippen LogP contribution in [0.25, 0.3) is 0 Å². The van der Waals surface area contributed by atoms with Gasteiger partial charge < -0.3 is 5.11 Å². The third-order valence-electron chi connectivity index (χ3n) is 3.07. The molecule has 158 valence electrons. The minimum Gasteiger partial charge on any atom is -0.474 e. The normalized spacial score (nSPS) is 13.2. The van der Waals surface area contributed by atoms with E-state index in [4.69, 9.17) is 5.11 Å². The third kappa shape index (κ3) is 4.41. The predicted molar refractivity (Wildman–Crippen MR) is 73.4 cm³/mol. The Morgan fingerprint density at radius 2 is 1.36 bits per heavy atom. The summed E-state index contributed by atoms with van der Waals surface area (Å²) in [4.78, 5) is 21.2. The molecular formula is C12H5BrF10N2O3. The number of hydrogen-bond acceptors (Lipinski definition) is 3. The molecule has 0 aromatic heterocycles. The number of alkyl halides is 10. The van der Waals surface area contributed by atoms with Gasteiger partial charge in [-0.05, 0) is 28.1 Å². The molecule has 0 radical (unpaired) electrons. The van der Waals surface area contributed by atoms with Crippen LogP contribution in [0.3, 0.4) is 0 Å². The largest absolute Gasteiger partial charge is 0.474 e. The molecule has 0 aliphatic rings. The van der Waals surface area contributed by atoms with Gasteiger partial charge in [0.15, 0.2) is 0 Å². The van der Waals surface area contributed by atoms with Crippen molar-refractivity contribution in [1.82, 2.24) is 5.43 Å². The van der Waals surface area contributed by atoms with Crippen molar-refractivity contribution >= 4 is 33.5 Å². The summed E-state index contributed by atoms with van der Waals surface area (Å²) in [6.07, 6.45) is -19.0. The van der Waals surface area contributed by atoms with Gasteiger partial charge in [-0.25, -0.2) is 9.18 Å². The minimum absolute atomic E-state index is 0.245.